The van der Waals surface area contributed by atoms with E-state index < -0.39 is 15.8 Å². The Morgan fingerprint density at radius 2 is 2.27 bits per heavy atom. The molecule has 0 aliphatic carbocycles. The van der Waals surface area contributed by atoms with Crippen LogP contribution in [0.4, 0.5) is 4.39 Å². The van der Waals surface area contributed by atoms with Crippen molar-refractivity contribution in [1.29, 1.82) is 0 Å². The van der Waals surface area contributed by atoms with E-state index in [-0.39, 0.29) is 17.4 Å². The molecule has 0 spiro atoms. The molecule has 118 valence electrons. The van der Waals surface area contributed by atoms with Crippen molar-refractivity contribution in [3.63, 3.8) is 0 Å². The van der Waals surface area contributed by atoms with Crippen molar-refractivity contribution in [3.8, 4) is 0 Å². The lowest BCUT2D eigenvalue weighted by Crippen LogP contribution is -2.33. The van der Waals surface area contributed by atoms with Gasteiger partial charge in [-0.25, -0.2) is 22.5 Å². The highest BCUT2D eigenvalue weighted by atomic mass is 79.9. The highest BCUT2D eigenvalue weighted by Gasteiger charge is 2.24. The molecule has 0 bridgehead atoms. The fourth-order valence-corrected chi connectivity index (χ4v) is 4.31. The lowest BCUT2D eigenvalue weighted by Gasteiger charge is -2.23. The lowest BCUT2D eigenvalue weighted by atomic mass is 9.98. The van der Waals surface area contributed by atoms with Crippen LogP contribution >= 0.6 is 15.9 Å². The molecular formula is C14H15BrFN3O2S. The van der Waals surface area contributed by atoms with Crippen LogP contribution in [0.15, 0.2) is 40.0 Å². The molecule has 0 amide bonds. The zero-order valence-corrected chi connectivity index (χ0v) is 14.1. The van der Waals surface area contributed by atoms with Gasteiger partial charge in [-0.1, -0.05) is 15.9 Å². The number of nitrogens with one attached hydrogen (secondary N) is 1. The van der Waals surface area contributed by atoms with E-state index in [1.165, 1.54) is 12.1 Å². The molecular weight excluding hydrogens is 373 g/mol. The van der Waals surface area contributed by atoms with Gasteiger partial charge >= 0.3 is 0 Å². The van der Waals surface area contributed by atoms with E-state index in [4.69, 9.17) is 0 Å². The van der Waals surface area contributed by atoms with Gasteiger partial charge in [-0.3, -0.25) is 0 Å². The van der Waals surface area contributed by atoms with Gasteiger partial charge in [-0.2, -0.15) is 0 Å². The number of sulfonamides is 1. The van der Waals surface area contributed by atoms with Gasteiger partial charge in [0.05, 0.1) is 0 Å². The predicted molar refractivity (Wildman–Crippen MR) is 83.3 cm³/mol. The number of aromatic nitrogens is 2. The third-order valence-corrected chi connectivity index (χ3v) is 5.73. The van der Waals surface area contributed by atoms with Crippen LogP contribution in [0, 0.1) is 11.7 Å². The van der Waals surface area contributed by atoms with Gasteiger partial charge in [-0.05, 0) is 30.5 Å². The van der Waals surface area contributed by atoms with Gasteiger partial charge in [-0.15, -0.1) is 0 Å². The van der Waals surface area contributed by atoms with Crippen molar-refractivity contribution in [2.45, 2.75) is 24.3 Å². The molecule has 8 heteroatoms. The van der Waals surface area contributed by atoms with Crippen LogP contribution in [-0.4, -0.2) is 24.5 Å². The molecule has 0 fully saturated rings. The normalized spacial score (nSPS) is 18.2. The minimum atomic E-state index is -3.86. The Kier molecular flexibility index (Phi) is 4.33. The molecule has 0 saturated carbocycles. The van der Waals surface area contributed by atoms with Crippen LogP contribution < -0.4 is 4.72 Å². The second kappa shape index (κ2) is 6.10. The number of aryl methyl sites for hydroxylation is 1. The molecule has 1 unspecified atom stereocenters. The van der Waals surface area contributed by atoms with E-state index in [9.17, 15) is 12.8 Å². The van der Waals surface area contributed by atoms with E-state index >= 15 is 0 Å². The zero-order valence-electron chi connectivity index (χ0n) is 11.7. The molecule has 1 aromatic carbocycles. The molecule has 2 aromatic rings. The molecule has 1 N–H and O–H groups in total. The summed E-state index contributed by atoms with van der Waals surface area (Å²) in [6, 6.07) is 3.87. The highest BCUT2D eigenvalue weighted by Crippen LogP contribution is 2.22. The van der Waals surface area contributed by atoms with Crippen molar-refractivity contribution >= 4 is 26.0 Å². The quantitative estimate of drug-likeness (QED) is 0.875. The van der Waals surface area contributed by atoms with Crippen LogP contribution in [-0.2, 0) is 23.0 Å². The Hall–Kier alpha value is -1.25. The van der Waals surface area contributed by atoms with Crippen LogP contribution in [0.2, 0.25) is 0 Å². The second-order valence-electron chi connectivity index (χ2n) is 5.32. The maximum absolute atomic E-state index is 13.7. The second-order valence-corrected chi connectivity index (χ2v) is 7.97. The van der Waals surface area contributed by atoms with Gasteiger partial charge in [0.1, 0.15) is 16.5 Å². The summed E-state index contributed by atoms with van der Waals surface area (Å²) in [7, 11) is -3.86. The Morgan fingerprint density at radius 1 is 1.45 bits per heavy atom. The summed E-state index contributed by atoms with van der Waals surface area (Å²) >= 11 is 3.16. The fraction of sp³-hybridized carbons (Fsp3) is 0.357. The summed E-state index contributed by atoms with van der Waals surface area (Å²) < 4.78 is 43.3. The molecule has 22 heavy (non-hydrogen) atoms. The third-order valence-electron chi connectivity index (χ3n) is 3.80. The van der Waals surface area contributed by atoms with E-state index in [1.807, 2.05) is 6.20 Å². The molecule has 1 aliphatic heterocycles. The van der Waals surface area contributed by atoms with Crippen LogP contribution in [0.5, 0.6) is 0 Å². The largest absolute Gasteiger partial charge is 0.335 e. The van der Waals surface area contributed by atoms with Crippen LogP contribution in [0.3, 0.4) is 0 Å². The SMILES string of the molecule is O=S(=O)(NCC1CCn2ccnc2C1)c1cc(Br)ccc1F. The number of halogens is 2. The standard InChI is InChI=1S/C14H15BrFN3O2S/c15-11-1-2-12(16)13(8-11)22(20,21)18-9-10-3-5-19-6-4-17-14(19)7-10/h1-2,4,6,8,10,18H,3,5,7,9H2. The third kappa shape index (κ3) is 3.23. The molecule has 1 aromatic heterocycles. The van der Waals surface area contributed by atoms with E-state index in [2.05, 4.69) is 30.2 Å². The Bertz CT molecular complexity index is 791. The number of nitrogens with zero attached hydrogens (tertiary/aromatic N) is 2. The summed E-state index contributed by atoms with van der Waals surface area (Å²) in [5.41, 5.74) is 0. The van der Waals surface area contributed by atoms with Gasteiger partial charge in [0.25, 0.3) is 0 Å². The molecule has 0 radical (unpaired) electrons. The number of hydrogen-bond donors (Lipinski definition) is 1. The number of fused-ring (bicyclic) bond motifs is 1. The van der Waals surface area contributed by atoms with Gasteiger partial charge < -0.3 is 4.57 Å². The lowest BCUT2D eigenvalue weighted by molar-refractivity contribution is 0.379. The van der Waals surface area contributed by atoms with Crippen molar-refractivity contribution < 1.29 is 12.8 Å². The fourth-order valence-electron chi connectivity index (χ4n) is 2.58. The molecule has 1 atom stereocenters. The zero-order chi connectivity index (χ0) is 15.7. The maximum atomic E-state index is 13.7. The first-order valence-electron chi connectivity index (χ1n) is 6.90. The summed E-state index contributed by atoms with van der Waals surface area (Å²) in [6.45, 7) is 1.11. The molecule has 2 heterocycles. The average Bonchev–Trinajstić information content (AvgIpc) is 2.95. The van der Waals surface area contributed by atoms with Gasteiger partial charge in [0, 0.05) is 36.4 Å². The molecule has 1 aliphatic rings. The Balaban J connectivity index is 1.69. The van der Waals surface area contributed by atoms with E-state index in [1.54, 1.807) is 6.20 Å². The minimum Gasteiger partial charge on any atom is -0.335 e. The van der Waals surface area contributed by atoms with Crippen molar-refractivity contribution in [2.75, 3.05) is 6.54 Å². The first-order chi connectivity index (χ1) is 10.5. The summed E-state index contributed by atoms with van der Waals surface area (Å²) in [5.74, 6) is 0.374. The Morgan fingerprint density at radius 3 is 3.09 bits per heavy atom. The molecule has 0 saturated heterocycles. The molecule has 5 nitrogen and oxygen atoms in total. The van der Waals surface area contributed by atoms with Crippen molar-refractivity contribution in [2.24, 2.45) is 5.92 Å². The maximum Gasteiger partial charge on any atom is 0.243 e. The average molecular weight is 388 g/mol. The highest BCUT2D eigenvalue weighted by molar-refractivity contribution is 9.10. The van der Waals surface area contributed by atoms with Crippen LogP contribution in [0.25, 0.3) is 0 Å². The van der Waals surface area contributed by atoms with E-state index in [0.29, 0.717) is 4.47 Å². The first kappa shape index (κ1) is 15.6. The van der Waals surface area contributed by atoms with Crippen LogP contribution in [0.1, 0.15) is 12.2 Å². The number of rotatable bonds is 4. The topological polar surface area (TPSA) is 64.0 Å². The number of hydrogen-bond acceptors (Lipinski definition) is 3. The Labute approximate surface area is 136 Å². The minimum absolute atomic E-state index is 0.167. The van der Waals surface area contributed by atoms with E-state index in [0.717, 1.165) is 31.3 Å². The van der Waals surface area contributed by atoms with Gasteiger partial charge in [0.2, 0.25) is 10.0 Å². The number of imidazole rings is 1. The smallest absolute Gasteiger partial charge is 0.243 e. The molecule has 3 rings (SSSR count). The number of benzene rings is 1. The summed E-state index contributed by atoms with van der Waals surface area (Å²) in [5, 5.41) is 0. The summed E-state index contributed by atoms with van der Waals surface area (Å²) in [6.07, 6.45) is 5.26. The monoisotopic (exact) mass is 387 g/mol. The van der Waals surface area contributed by atoms with Crippen molar-refractivity contribution in [3.05, 3.63) is 46.7 Å². The summed E-state index contributed by atoms with van der Waals surface area (Å²) in [4.78, 5) is 3.92. The first-order valence-corrected chi connectivity index (χ1v) is 9.18. The predicted octanol–water partition coefficient (Wildman–Crippen LogP) is 2.33. The van der Waals surface area contributed by atoms with Gasteiger partial charge in [0.15, 0.2) is 0 Å². The van der Waals surface area contributed by atoms with Crippen molar-refractivity contribution in [1.82, 2.24) is 14.3 Å².